The topological polar surface area (TPSA) is 107 Å². The van der Waals surface area contributed by atoms with Crippen LogP contribution in [0, 0.1) is 5.82 Å². The molecule has 4 rings (SSSR count). The van der Waals surface area contributed by atoms with Crippen LogP contribution in [0.25, 0.3) is 11.3 Å². The maximum atomic E-state index is 14.5. The van der Waals surface area contributed by atoms with Gasteiger partial charge in [0.2, 0.25) is 5.60 Å². The Kier molecular flexibility index (Phi) is 8.73. The zero-order valence-corrected chi connectivity index (χ0v) is 23.6. The first-order valence-corrected chi connectivity index (χ1v) is 13.2. The monoisotopic (exact) mass is 613 g/mol. The van der Waals surface area contributed by atoms with E-state index < -0.39 is 47.5 Å². The third-order valence-electron chi connectivity index (χ3n) is 6.94. The molecule has 42 heavy (non-hydrogen) atoms. The largest absolute Gasteiger partial charge is 0.493 e. The summed E-state index contributed by atoms with van der Waals surface area (Å²) >= 11 is 5.87. The lowest BCUT2D eigenvalue weighted by Gasteiger charge is -2.32. The Labute approximate surface area is 243 Å². The molecular formula is C29H29ClF5N3O4. The van der Waals surface area contributed by atoms with Crippen molar-refractivity contribution < 1.29 is 41.3 Å². The Hall–Kier alpha value is -3.48. The number of hydrogen-bond donors (Lipinski definition) is 3. The first-order chi connectivity index (χ1) is 19.5. The number of methoxy groups -OCH3 is 1. The number of halogens is 6. The fourth-order valence-electron chi connectivity index (χ4n) is 4.25. The number of nitrogens with two attached hydrogens (primary N) is 1. The van der Waals surface area contributed by atoms with Gasteiger partial charge in [-0.25, -0.2) is 13.8 Å². The van der Waals surface area contributed by atoms with Crippen LogP contribution in [0.3, 0.4) is 0 Å². The van der Waals surface area contributed by atoms with Crippen molar-refractivity contribution in [2.24, 2.45) is 5.73 Å². The molecular weight excluding hydrogens is 585 g/mol. The van der Waals surface area contributed by atoms with E-state index in [9.17, 15) is 31.9 Å². The lowest BCUT2D eigenvalue weighted by molar-refractivity contribution is -0.265. The van der Waals surface area contributed by atoms with E-state index in [1.165, 1.54) is 43.5 Å². The Morgan fingerprint density at radius 3 is 2.38 bits per heavy atom. The highest BCUT2D eigenvalue weighted by Gasteiger charge is 2.56. The summed E-state index contributed by atoms with van der Waals surface area (Å²) in [7, 11) is 1.31. The standard InChI is InChI=1S/C29H29ClF5N3O4/c1-27(2,36)17-10-22(15-4-6-21(32)20(30)8-15)38-25(11-17)28(40,29(33,34)35)14-37-26(39)16-5-7-23(24(9-16)41-3)42-19-12-18(31)13-19/h4-11,18-19,40H,12-14,36H2,1-3H3,(H,37,39). The van der Waals surface area contributed by atoms with Crippen molar-refractivity contribution in [1.82, 2.24) is 10.3 Å². The Morgan fingerprint density at radius 2 is 1.81 bits per heavy atom. The molecule has 1 aliphatic carbocycles. The predicted molar refractivity (Wildman–Crippen MR) is 146 cm³/mol. The summed E-state index contributed by atoms with van der Waals surface area (Å²) < 4.78 is 81.2. The SMILES string of the molecule is COc1cc(C(=O)NCC(O)(c2cc(C(C)(C)N)cc(-c3ccc(F)c(Cl)c3)n2)C(F)(F)F)ccc1OC1CC(F)C1. The van der Waals surface area contributed by atoms with Gasteiger partial charge in [0.05, 0.1) is 30.1 Å². The molecule has 0 radical (unpaired) electrons. The lowest BCUT2D eigenvalue weighted by Crippen LogP contribution is -2.51. The molecule has 1 aromatic heterocycles. The van der Waals surface area contributed by atoms with E-state index >= 15 is 0 Å². The van der Waals surface area contributed by atoms with Gasteiger partial charge in [-0.2, -0.15) is 13.2 Å². The number of hydrogen-bond acceptors (Lipinski definition) is 6. The number of carbonyl (C=O) groups excluding carboxylic acids is 1. The second-order valence-corrected chi connectivity index (χ2v) is 11.1. The number of nitrogens with zero attached hydrogens (tertiary/aromatic N) is 1. The summed E-state index contributed by atoms with van der Waals surface area (Å²) in [5.41, 5.74) is 0.756. The van der Waals surface area contributed by atoms with Crippen molar-refractivity contribution in [2.75, 3.05) is 13.7 Å². The molecule has 1 heterocycles. The number of nitrogens with one attached hydrogen (secondary N) is 1. The minimum absolute atomic E-state index is 0.0530. The van der Waals surface area contributed by atoms with Gasteiger partial charge in [0.25, 0.3) is 5.91 Å². The normalized spacial score (nSPS) is 18.5. The highest BCUT2D eigenvalue weighted by atomic mass is 35.5. The lowest BCUT2D eigenvalue weighted by atomic mass is 9.89. The number of benzene rings is 2. The Balaban J connectivity index is 1.65. The molecule has 1 aliphatic rings. The molecule has 4 N–H and O–H groups in total. The number of pyridine rings is 1. The highest BCUT2D eigenvalue weighted by molar-refractivity contribution is 6.31. The van der Waals surface area contributed by atoms with E-state index in [2.05, 4.69) is 10.3 Å². The van der Waals surface area contributed by atoms with Gasteiger partial charge in [-0.1, -0.05) is 11.6 Å². The van der Waals surface area contributed by atoms with Gasteiger partial charge in [0.1, 0.15) is 18.1 Å². The molecule has 1 fully saturated rings. The number of amides is 1. The fourth-order valence-corrected chi connectivity index (χ4v) is 4.43. The van der Waals surface area contributed by atoms with Crippen molar-refractivity contribution in [3.63, 3.8) is 0 Å². The zero-order valence-electron chi connectivity index (χ0n) is 22.9. The molecule has 0 spiro atoms. The minimum atomic E-state index is -5.30. The maximum Gasteiger partial charge on any atom is 0.424 e. The van der Waals surface area contributed by atoms with Crippen molar-refractivity contribution in [3.8, 4) is 22.8 Å². The van der Waals surface area contributed by atoms with Gasteiger partial charge in [0, 0.05) is 29.5 Å². The van der Waals surface area contributed by atoms with Crippen LogP contribution < -0.4 is 20.5 Å². The van der Waals surface area contributed by atoms with E-state index in [4.69, 9.17) is 26.8 Å². The molecule has 1 saturated carbocycles. The third-order valence-corrected chi connectivity index (χ3v) is 7.23. The van der Waals surface area contributed by atoms with Crippen LogP contribution in [0.2, 0.25) is 5.02 Å². The van der Waals surface area contributed by atoms with Gasteiger partial charge in [-0.15, -0.1) is 0 Å². The van der Waals surface area contributed by atoms with E-state index in [1.54, 1.807) is 13.8 Å². The smallest absolute Gasteiger partial charge is 0.424 e. The van der Waals surface area contributed by atoms with Crippen molar-refractivity contribution in [3.05, 3.63) is 76.2 Å². The summed E-state index contributed by atoms with van der Waals surface area (Å²) in [6, 6.07) is 9.87. The number of carbonyl (C=O) groups is 1. The number of aromatic nitrogens is 1. The molecule has 1 amide bonds. The van der Waals surface area contributed by atoms with Gasteiger partial charge < -0.3 is 25.6 Å². The number of ether oxygens (including phenoxy) is 2. The Bertz CT molecular complexity index is 1470. The maximum absolute atomic E-state index is 14.5. The predicted octanol–water partition coefficient (Wildman–Crippen LogP) is 5.80. The van der Waals surface area contributed by atoms with E-state index in [0.717, 1.165) is 12.1 Å². The van der Waals surface area contributed by atoms with Gasteiger partial charge in [0.15, 0.2) is 11.5 Å². The summed E-state index contributed by atoms with van der Waals surface area (Å²) in [6.07, 6.45) is -6.17. The molecule has 0 saturated heterocycles. The van der Waals surface area contributed by atoms with E-state index in [1.807, 2.05) is 0 Å². The van der Waals surface area contributed by atoms with Crippen molar-refractivity contribution in [2.45, 2.75) is 56.3 Å². The molecule has 13 heteroatoms. The van der Waals surface area contributed by atoms with Crippen LogP contribution >= 0.6 is 11.6 Å². The number of rotatable bonds is 9. The first-order valence-electron chi connectivity index (χ1n) is 12.8. The minimum Gasteiger partial charge on any atom is -0.493 e. The van der Waals surface area contributed by atoms with Crippen LogP contribution in [0.5, 0.6) is 11.5 Å². The van der Waals surface area contributed by atoms with E-state index in [0.29, 0.717) is 0 Å². The van der Waals surface area contributed by atoms with Crippen LogP contribution in [-0.4, -0.2) is 48.1 Å². The Morgan fingerprint density at radius 1 is 1.12 bits per heavy atom. The summed E-state index contributed by atoms with van der Waals surface area (Å²) in [5, 5.41) is 12.9. The summed E-state index contributed by atoms with van der Waals surface area (Å²) in [5.74, 6) is -1.32. The average molecular weight is 614 g/mol. The van der Waals surface area contributed by atoms with Crippen LogP contribution in [0.1, 0.15) is 48.3 Å². The molecule has 226 valence electrons. The second kappa shape index (κ2) is 11.7. The average Bonchev–Trinajstić information content (AvgIpc) is 2.90. The third kappa shape index (κ3) is 6.61. The number of aliphatic hydroxyl groups is 1. The van der Waals surface area contributed by atoms with Crippen molar-refractivity contribution >= 4 is 17.5 Å². The highest BCUT2D eigenvalue weighted by Crippen LogP contribution is 2.40. The summed E-state index contributed by atoms with van der Waals surface area (Å²) in [4.78, 5) is 17.0. The van der Waals surface area contributed by atoms with Crippen LogP contribution in [0.15, 0.2) is 48.5 Å². The summed E-state index contributed by atoms with van der Waals surface area (Å²) in [6.45, 7) is 1.79. The molecule has 1 unspecified atom stereocenters. The second-order valence-electron chi connectivity index (χ2n) is 10.7. The molecule has 0 bridgehead atoms. The van der Waals surface area contributed by atoms with Crippen LogP contribution in [0.4, 0.5) is 22.0 Å². The van der Waals surface area contributed by atoms with Gasteiger partial charge in [-0.3, -0.25) is 4.79 Å². The van der Waals surface area contributed by atoms with Gasteiger partial charge in [-0.05, 0) is 67.9 Å². The van der Waals surface area contributed by atoms with Gasteiger partial charge >= 0.3 is 6.18 Å². The molecule has 7 nitrogen and oxygen atoms in total. The number of alkyl halides is 4. The van der Waals surface area contributed by atoms with Crippen LogP contribution in [-0.2, 0) is 11.1 Å². The molecule has 1 atom stereocenters. The zero-order chi connectivity index (χ0) is 31.0. The quantitative estimate of drug-likeness (QED) is 0.263. The first kappa shape index (κ1) is 31.5. The van der Waals surface area contributed by atoms with E-state index in [-0.39, 0.29) is 57.9 Å². The molecule has 3 aromatic rings. The van der Waals surface area contributed by atoms with Crippen molar-refractivity contribution in [1.29, 1.82) is 0 Å². The molecule has 2 aromatic carbocycles. The molecule has 0 aliphatic heterocycles. The fraction of sp³-hybridized carbons (Fsp3) is 0.379.